The van der Waals surface area contributed by atoms with Gasteiger partial charge in [0.25, 0.3) is 5.91 Å². The number of carbonyl (C=O) groups is 2. The largest absolute Gasteiger partial charge is 0.472 e. The molecule has 2 aromatic heterocycles. The predicted octanol–water partition coefficient (Wildman–Crippen LogP) is 1.97. The van der Waals surface area contributed by atoms with Crippen molar-refractivity contribution in [2.75, 3.05) is 31.1 Å². The zero-order valence-corrected chi connectivity index (χ0v) is 16.8. The van der Waals surface area contributed by atoms with Gasteiger partial charge in [-0.25, -0.2) is 9.97 Å². The van der Waals surface area contributed by atoms with E-state index in [1.807, 2.05) is 13.0 Å². The first kappa shape index (κ1) is 19.9. The van der Waals surface area contributed by atoms with Crippen LogP contribution in [0.3, 0.4) is 0 Å². The minimum Gasteiger partial charge on any atom is -0.472 e. The van der Waals surface area contributed by atoms with Crippen LogP contribution in [0.15, 0.2) is 29.1 Å². The molecule has 1 fully saturated rings. The molecular weight excluding hydrogens is 358 g/mol. The molecule has 8 heteroatoms. The van der Waals surface area contributed by atoms with E-state index in [1.165, 1.54) is 12.5 Å². The first-order valence-corrected chi connectivity index (χ1v) is 9.57. The number of nitrogens with one attached hydrogen (secondary N) is 1. The Morgan fingerprint density at radius 2 is 1.86 bits per heavy atom. The molecule has 1 saturated heterocycles. The van der Waals surface area contributed by atoms with Crippen molar-refractivity contribution in [3.8, 4) is 0 Å². The third-order valence-corrected chi connectivity index (χ3v) is 4.79. The van der Waals surface area contributed by atoms with Gasteiger partial charge in [-0.3, -0.25) is 9.59 Å². The summed E-state index contributed by atoms with van der Waals surface area (Å²) in [5.74, 6) is 1.61. The van der Waals surface area contributed by atoms with Crippen LogP contribution < -0.4 is 10.2 Å². The Hall–Kier alpha value is -2.90. The number of amides is 2. The lowest BCUT2D eigenvalue weighted by atomic mass is 10.2. The monoisotopic (exact) mass is 385 g/mol. The molecule has 2 aromatic rings. The molecule has 0 bridgehead atoms. The van der Waals surface area contributed by atoms with Crippen LogP contribution in [0.2, 0.25) is 0 Å². The number of aryl methyl sites for hydroxylation is 1. The molecule has 0 aromatic carbocycles. The number of hydrogen-bond acceptors (Lipinski definition) is 6. The number of nitrogens with zero attached hydrogens (tertiary/aromatic N) is 4. The van der Waals surface area contributed by atoms with Crippen LogP contribution in [-0.4, -0.2) is 58.9 Å². The van der Waals surface area contributed by atoms with Gasteiger partial charge in [-0.1, -0.05) is 13.8 Å². The Morgan fingerprint density at radius 1 is 1.14 bits per heavy atom. The average Bonchev–Trinajstić information content (AvgIpc) is 3.22. The molecule has 0 saturated carbocycles. The number of hydrogen-bond donors (Lipinski definition) is 1. The first-order valence-electron chi connectivity index (χ1n) is 9.57. The van der Waals surface area contributed by atoms with Gasteiger partial charge < -0.3 is 19.5 Å². The van der Waals surface area contributed by atoms with Crippen molar-refractivity contribution in [2.45, 2.75) is 39.7 Å². The van der Waals surface area contributed by atoms with Crippen LogP contribution in [0, 0.1) is 6.92 Å². The first-order chi connectivity index (χ1) is 13.3. The average molecular weight is 385 g/mol. The zero-order valence-electron chi connectivity index (χ0n) is 16.8. The smallest absolute Gasteiger partial charge is 0.255 e. The zero-order chi connectivity index (χ0) is 20.3. The number of anilines is 1. The Balaban J connectivity index is 1.57. The van der Waals surface area contributed by atoms with E-state index in [2.05, 4.69) is 34.0 Å². The highest BCUT2D eigenvalue weighted by Crippen LogP contribution is 2.19. The summed E-state index contributed by atoms with van der Waals surface area (Å²) in [5, 5.41) is 2.73. The van der Waals surface area contributed by atoms with Gasteiger partial charge >= 0.3 is 0 Å². The van der Waals surface area contributed by atoms with E-state index in [9.17, 15) is 9.59 Å². The second kappa shape index (κ2) is 8.41. The molecule has 3 heterocycles. The van der Waals surface area contributed by atoms with Gasteiger partial charge in [0, 0.05) is 43.9 Å². The molecule has 1 N–H and O–H groups in total. The van der Waals surface area contributed by atoms with Crippen molar-refractivity contribution in [1.29, 1.82) is 0 Å². The van der Waals surface area contributed by atoms with Gasteiger partial charge in [0.15, 0.2) is 0 Å². The Kier molecular flexibility index (Phi) is 5.96. The molecule has 3 rings (SSSR count). The standard InChI is InChI=1S/C20H27N5O3/c1-13(2)18-21-14(3)11-17(23-18)24-6-8-25(9-7-24)20(27)15(4)22-19(26)16-5-10-28-12-16/h5,10-13,15H,6-9H2,1-4H3,(H,22,26). The third-order valence-electron chi connectivity index (χ3n) is 4.79. The van der Waals surface area contributed by atoms with Crippen molar-refractivity contribution in [1.82, 2.24) is 20.2 Å². The number of piperazine rings is 1. The number of aromatic nitrogens is 2. The molecule has 0 aliphatic carbocycles. The summed E-state index contributed by atoms with van der Waals surface area (Å²) in [7, 11) is 0. The van der Waals surface area contributed by atoms with Crippen molar-refractivity contribution >= 4 is 17.6 Å². The van der Waals surface area contributed by atoms with Gasteiger partial charge in [-0.15, -0.1) is 0 Å². The van der Waals surface area contributed by atoms with E-state index in [4.69, 9.17) is 4.42 Å². The van der Waals surface area contributed by atoms with E-state index >= 15 is 0 Å². The van der Waals surface area contributed by atoms with Crippen molar-refractivity contribution in [3.63, 3.8) is 0 Å². The quantitative estimate of drug-likeness (QED) is 0.846. The van der Waals surface area contributed by atoms with Gasteiger partial charge in [-0.05, 0) is 19.9 Å². The normalized spacial score (nSPS) is 15.6. The van der Waals surface area contributed by atoms with Crippen molar-refractivity contribution in [2.24, 2.45) is 0 Å². The summed E-state index contributed by atoms with van der Waals surface area (Å²) in [6.45, 7) is 10.4. The van der Waals surface area contributed by atoms with E-state index in [0.29, 0.717) is 31.7 Å². The van der Waals surface area contributed by atoms with Crippen LogP contribution in [0.5, 0.6) is 0 Å². The minimum absolute atomic E-state index is 0.0850. The highest BCUT2D eigenvalue weighted by molar-refractivity contribution is 5.97. The van der Waals surface area contributed by atoms with Crippen LogP contribution in [0.1, 0.15) is 48.6 Å². The Bertz CT molecular complexity index is 826. The van der Waals surface area contributed by atoms with Crippen LogP contribution in [0.25, 0.3) is 0 Å². The number of furan rings is 1. The highest BCUT2D eigenvalue weighted by Gasteiger charge is 2.27. The molecule has 28 heavy (non-hydrogen) atoms. The second-order valence-electron chi connectivity index (χ2n) is 7.40. The van der Waals surface area contributed by atoms with Crippen LogP contribution >= 0.6 is 0 Å². The Labute approximate surface area is 164 Å². The fourth-order valence-corrected chi connectivity index (χ4v) is 3.16. The summed E-state index contributed by atoms with van der Waals surface area (Å²) >= 11 is 0. The van der Waals surface area contributed by atoms with Gasteiger partial charge in [-0.2, -0.15) is 0 Å². The molecule has 150 valence electrons. The molecule has 8 nitrogen and oxygen atoms in total. The lowest BCUT2D eigenvalue weighted by molar-refractivity contribution is -0.133. The maximum absolute atomic E-state index is 12.7. The molecule has 1 unspecified atom stereocenters. The number of rotatable bonds is 5. The summed E-state index contributed by atoms with van der Waals surface area (Å²) in [4.78, 5) is 37.9. The van der Waals surface area contributed by atoms with Gasteiger partial charge in [0.2, 0.25) is 5.91 Å². The molecular formula is C20H27N5O3. The van der Waals surface area contributed by atoms with E-state index < -0.39 is 6.04 Å². The molecule has 1 aliphatic heterocycles. The predicted molar refractivity (Wildman–Crippen MR) is 105 cm³/mol. The van der Waals surface area contributed by atoms with Crippen molar-refractivity contribution < 1.29 is 14.0 Å². The fourth-order valence-electron chi connectivity index (χ4n) is 3.16. The number of carbonyl (C=O) groups excluding carboxylic acids is 2. The maximum atomic E-state index is 12.7. The molecule has 1 atom stereocenters. The summed E-state index contributed by atoms with van der Waals surface area (Å²) in [6, 6.07) is 2.96. The highest BCUT2D eigenvalue weighted by atomic mass is 16.3. The summed E-state index contributed by atoms with van der Waals surface area (Å²) < 4.78 is 4.91. The van der Waals surface area contributed by atoms with E-state index in [1.54, 1.807) is 17.9 Å². The van der Waals surface area contributed by atoms with Crippen molar-refractivity contribution in [3.05, 3.63) is 41.7 Å². The second-order valence-corrected chi connectivity index (χ2v) is 7.40. The SMILES string of the molecule is Cc1cc(N2CCN(C(=O)C(C)NC(=O)c3ccoc3)CC2)nc(C(C)C)n1. The van der Waals surface area contributed by atoms with Crippen LogP contribution in [-0.2, 0) is 4.79 Å². The fraction of sp³-hybridized carbons (Fsp3) is 0.500. The minimum atomic E-state index is -0.595. The van der Waals surface area contributed by atoms with Crippen LogP contribution in [0.4, 0.5) is 5.82 Å². The lowest BCUT2D eigenvalue weighted by Crippen LogP contribution is -2.54. The van der Waals surface area contributed by atoms with E-state index in [-0.39, 0.29) is 17.7 Å². The van der Waals surface area contributed by atoms with E-state index in [0.717, 1.165) is 17.3 Å². The molecule has 0 radical (unpaired) electrons. The molecule has 2 amide bonds. The maximum Gasteiger partial charge on any atom is 0.255 e. The lowest BCUT2D eigenvalue weighted by Gasteiger charge is -2.36. The topological polar surface area (TPSA) is 91.6 Å². The molecule has 0 spiro atoms. The Morgan fingerprint density at radius 3 is 2.46 bits per heavy atom. The van der Waals surface area contributed by atoms with Gasteiger partial charge in [0.05, 0.1) is 11.8 Å². The van der Waals surface area contributed by atoms with Gasteiger partial charge in [0.1, 0.15) is 23.9 Å². The summed E-state index contributed by atoms with van der Waals surface area (Å²) in [6.07, 6.45) is 2.79. The third kappa shape index (κ3) is 4.49. The summed E-state index contributed by atoms with van der Waals surface area (Å²) in [5.41, 5.74) is 1.35. The molecule has 1 aliphatic rings.